The Bertz CT molecular complexity index is 675. The Morgan fingerprint density at radius 2 is 1.82 bits per heavy atom. The van der Waals surface area contributed by atoms with Gasteiger partial charge < -0.3 is 0 Å². The molecule has 1 heterocycles. The van der Waals surface area contributed by atoms with E-state index in [0.29, 0.717) is 0 Å². The summed E-state index contributed by atoms with van der Waals surface area (Å²) in [6, 6.07) is 11.5. The van der Waals surface area contributed by atoms with Crippen molar-refractivity contribution in [2.24, 2.45) is 0 Å². The molecule has 0 aliphatic heterocycles. The number of phenolic OH excluding ortho intramolecular Hbond substituents is 1. The molecule has 0 unspecified atom stereocenters. The summed E-state index contributed by atoms with van der Waals surface area (Å²) in [6.07, 6.45) is 0. The van der Waals surface area contributed by atoms with Crippen LogP contribution in [0.25, 0.3) is 19.9 Å². The van der Waals surface area contributed by atoms with Crippen LogP contribution in [0.3, 0.4) is 0 Å². The van der Waals surface area contributed by atoms with E-state index in [0.717, 1.165) is 19.9 Å². The number of hydrogen-bond donors (Lipinski definition) is 1. The standard InChI is InChI=1S/C13H8FNOSe/c14-9-3-1-8(2-4-9)13-15-11-6-5-10(16)7-12(11)17-13/h1-7,16H. The van der Waals surface area contributed by atoms with Gasteiger partial charge in [-0.2, -0.15) is 0 Å². The van der Waals surface area contributed by atoms with Crippen molar-refractivity contribution < 1.29 is 9.50 Å². The summed E-state index contributed by atoms with van der Waals surface area (Å²) in [5, 5.41) is 9.40. The van der Waals surface area contributed by atoms with Crippen molar-refractivity contribution in [3.05, 3.63) is 48.3 Å². The number of rotatable bonds is 1. The van der Waals surface area contributed by atoms with Gasteiger partial charge in [0.2, 0.25) is 0 Å². The van der Waals surface area contributed by atoms with Gasteiger partial charge in [-0.25, -0.2) is 0 Å². The van der Waals surface area contributed by atoms with E-state index in [9.17, 15) is 9.50 Å². The molecule has 1 aromatic heterocycles. The van der Waals surface area contributed by atoms with E-state index in [1.54, 1.807) is 24.3 Å². The van der Waals surface area contributed by atoms with Gasteiger partial charge in [0.1, 0.15) is 0 Å². The maximum atomic E-state index is 12.8. The fraction of sp³-hybridized carbons (Fsp3) is 0. The molecule has 0 amide bonds. The van der Waals surface area contributed by atoms with Crippen LogP contribution in [0.15, 0.2) is 42.5 Å². The zero-order valence-corrected chi connectivity index (χ0v) is 10.4. The van der Waals surface area contributed by atoms with Crippen molar-refractivity contribution >= 4 is 24.3 Å². The first-order valence-corrected chi connectivity index (χ1v) is 6.79. The van der Waals surface area contributed by atoms with Crippen LogP contribution in [0, 0.1) is 5.82 Å². The molecule has 0 spiro atoms. The Morgan fingerprint density at radius 1 is 1.06 bits per heavy atom. The van der Waals surface area contributed by atoms with Crippen LogP contribution in [0.4, 0.5) is 4.39 Å². The van der Waals surface area contributed by atoms with E-state index < -0.39 is 0 Å². The van der Waals surface area contributed by atoms with Crippen LogP contribution in [-0.4, -0.2) is 24.6 Å². The number of fused-ring (bicyclic) bond motifs is 1. The third kappa shape index (κ3) is 1.97. The van der Waals surface area contributed by atoms with Gasteiger partial charge in [0.05, 0.1) is 0 Å². The molecule has 2 nitrogen and oxygen atoms in total. The van der Waals surface area contributed by atoms with Crippen molar-refractivity contribution in [1.29, 1.82) is 0 Å². The summed E-state index contributed by atoms with van der Waals surface area (Å²) in [7, 11) is 0. The number of aromatic hydroxyl groups is 1. The van der Waals surface area contributed by atoms with Gasteiger partial charge >= 0.3 is 103 Å². The summed E-state index contributed by atoms with van der Waals surface area (Å²) >= 11 is 0.0753. The van der Waals surface area contributed by atoms with Crippen LogP contribution in [0.2, 0.25) is 0 Å². The average Bonchev–Trinajstić information content (AvgIpc) is 2.72. The number of benzene rings is 2. The van der Waals surface area contributed by atoms with Gasteiger partial charge in [0.15, 0.2) is 0 Å². The number of aromatic nitrogens is 1. The fourth-order valence-corrected chi connectivity index (χ4v) is 3.74. The van der Waals surface area contributed by atoms with Gasteiger partial charge in [-0.15, -0.1) is 0 Å². The number of halogens is 1. The van der Waals surface area contributed by atoms with Gasteiger partial charge in [-0.05, 0) is 0 Å². The Labute approximate surface area is 103 Å². The Balaban J connectivity index is 2.14. The minimum absolute atomic E-state index is 0.0753. The van der Waals surface area contributed by atoms with Gasteiger partial charge in [-0.1, -0.05) is 0 Å². The molecular formula is C13H8FNOSe. The van der Waals surface area contributed by atoms with E-state index in [1.165, 1.54) is 12.1 Å². The number of nitrogens with zero attached hydrogens (tertiary/aromatic N) is 1. The second kappa shape index (κ2) is 3.99. The second-order valence-corrected chi connectivity index (χ2v) is 5.84. The second-order valence-electron chi connectivity index (χ2n) is 3.68. The van der Waals surface area contributed by atoms with Gasteiger partial charge in [-0.3, -0.25) is 0 Å². The molecule has 3 aromatic rings. The first-order valence-electron chi connectivity index (χ1n) is 5.08. The zero-order chi connectivity index (χ0) is 11.8. The molecule has 0 radical (unpaired) electrons. The molecule has 0 aliphatic rings. The summed E-state index contributed by atoms with van der Waals surface area (Å²) in [5.41, 5.74) is 1.85. The first-order chi connectivity index (χ1) is 8.22. The predicted octanol–water partition coefficient (Wildman–Crippen LogP) is 2.80. The summed E-state index contributed by atoms with van der Waals surface area (Å²) in [6.45, 7) is 0. The molecule has 84 valence electrons. The Kier molecular flexibility index (Phi) is 2.46. The van der Waals surface area contributed by atoms with Crippen molar-refractivity contribution in [2.45, 2.75) is 0 Å². The van der Waals surface area contributed by atoms with Crippen molar-refractivity contribution in [3.63, 3.8) is 0 Å². The minimum atomic E-state index is -0.241. The van der Waals surface area contributed by atoms with Crippen molar-refractivity contribution in [2.75, 3.05) is 0 Å². The zero-order valence-electron chi connectivity index (χ0n) is 8.72. The third-order valence-electron chi connectivity index (χ3n) is 2.46. The average molecular weight is 292 g/mol. The molecule has 3 rings (SSSR count). The van der Waals surface area contributed by atoms with E-state index in [2.05, 4.69) is 4.98 Å². The molecule has 0 aliphatic carbocycles. The summed E-state index contributed by atoms with van der Waals surface area (Å²) < 4.78 is 14.9. The molecular weight excluding hydrogens is 284 g/mol. The number of hydrogen-bond acceptors (Lipinski definition) is 2. The van der Waals surface area contributed by atoms with E-state index >= 15 is 0 Å². The van der Waals surface area contributed by atoms with E-state index in [1.807, 2.05) is 6.07 Å². The molecule has 0 saturated heterocycles. The number of phenols is 1. The summed E-state index contributed by atoms with van der Waals surface area (Å²) in [5.74, 6) is 0.0242. The van der Waals surface area contributed by atoms with Crippen LogP contribution in [0.5, 0.6) is 5.75 Å². The SMILES string of the molecule is Oc1ccc2nc(-c3ccc(F)cc3)[se]c2c1. The molecule has 17 heavy (non-hydrogen) atoms. The monoisotopic (exact) mass is 293 g/mol. The molecule has 0 bridgehead atoms. The Morgan fingerprint density at radius 3 is 2.59 bits per heavy atom. The van der Waals surface area contributed by atoms with E-state index in [4.69, 9.17) is 0 Å². The van der Waals surface area contributed by atoms with Crippen LogP contribution >= 0.6 is 0 Å². The predicted molar refractivity (Wildman–Crippen MR) is 65.7 cm³/mol. The molecule has 2 aromatic carbocycles. The van der Waals surface area contributed by atoms with Crippen molar-refractivity contribution in [3.8, 4) is 15.9 Å². The van der Waals surface area contributed by atoms with Gasteiger partial charge in [0.25, 0.3) is 0 Å². The molecule has 0 saturated carbocycles. The Hall–Kier alpha value is -1.64. The fourth-order valence-electron chi connectivity index (χ4n) is 1.63. The molecule has 4 heteroatoms. The summed E-state index contributed by atoms with van der Waals surface area (Å²) in [4.78, 5) is 4.50. The van der Waals surface area contributed by atoms with Crippen LogP contribution in [0.1, 0.15) is 0 Å². The normalized spacial score (nSPS) is 10.9. The van der Waals surface area contributed by atoms with E-state index in [-0.39, 0.29) is 26.1 Å². The first kappa shape index (κ1) is 10.5. The molecule has 0 fully saturated rings. The van der Waals surface area contributed by atoms with Crippen LogP contribution in [-0.2, 0) is 0 Å². The quantitative estimate of drug-likeness (QED) is 0.700. The molecule has 1 N–H and O–H groups in total. The van der Waals surface area contributed by atoms with Crippen molar-refractivity contribution in [1.82, 2.24) is 4.98 Å². The van der Waals surface area contributed by atoms with Gasteiger partial charge in [0, 0.05) is 0 Å². The van der Waals surface area contributed by atoms with Crippen LogP contribution < -0.4 is 0 Å². The molecule has 0 atom stereocenters. The third-order valence-corrected chi connectivity index (χ3v) is 4.70. The topological polar surface area (TPSA) is 33.1 Å². The maximum absolute atomic E-state index is 12.8.